The Bertz CT molecular complexity index is 527. The first-order valence-corrected chi connectivity index (χ1v) is 7.40. The molecule has 21 heavy (non-hydrogen) atoms. The topological polar surface area (TPSA) is 64.3 Å². The SMILES string of the molecule is COc1cccc2c1CCC2NC(=O)C1(N)CCCC1.Cl. The van der Waals surface area contributed by atoms with Crippen LogP contribution in [0, 0.1) is 0 Å². The van der Waals surface area contributed by atoms with Gasteiger partial charge in [0.25, 0.3) is 0 Å². The van der Waals surface area contributed by atoms with E-state index in [0.29, 0.717) is 0 Å². The minimum Gasteiger partial charge on any atom is -0.496 e. The highest BCUT2D eigenvalue weighted by Crippen LogP contribution is 2.37. The maximum atomic E-state index is 12.4. The van der Waals surface area contributed by atoms with Crippen LogP contribution >= 0.6 is 12.4 Å². The fourth-order valence-corrected chi connectivity index (χ4v) is 3.50. The molecule has 0 aliphatic heterocycles. The second kappa shape index (κ2) is 6.24. The van der Waals surface area contributed by atoms with Crippen molar-refractivity contribution in [2.75, 3.05) is 7.11 Å². The van der Waals surface area contributed by atoms with Gasteiger partial charge in [0.1, 0.15) is 5.75 Å². The van der Waals surface area contributed by atoms with E-state index in [-0.39, 0.29) is 24.4 Å². The Labute approximate surface area is 131 Å². The van der Waals surface area contributed by atoms with Gasteiger partial charge in [0.2, 0.25) is 5.91 Å². The highest BCUT2D eigenvalue weighted by molar-refractivity contribution is 5.87. The van der Waals surface area contributed by atoms with Crippen molar-refractivity contribution in [1.82, 2.24) is 5.32 Å². The molecule has 1 aromatic carbocycles. The molecule has 1 unspecified atom stereocenters. The monoisotopic (exact) mass is 310 g/mol. The van der Waals surface area contributed by atoms with Crippen molar-refractivity contribution in [2.24, 2.45) is 5.73 Å². The molecule has 2 aliphatic rings. The molecule has 1 amide bonds. The van der Waals surface area contributed by atoms with Crippen molar-refractivity contribution in [3.63, 3.8) is 0 Å². The Morgan fingerprint density at radius 2 is 2.10 bits per heavy atom. The van der Waals surface area contributed by atoms with E-state index in [2.05, 4.69) is 11.4 Å². The van der Waals surface area contributed by atoms with Crippen LogP contribution in [0.2, 0.25) is 0 Å². The van der Waals surface area contributed by atoms with Gasteiger partial charge in [0.15, 0.2) is 0 Å². The predicted octanol–water partition coefficient (Wildman–Crippen LogP) is 2.49. The van der Waals surface area contributed by atoms with Gasteiger partial charge in [-0.1, -0.05) is 25.0 Å². The van der Waals surface area contributed by atoms with Crippen molar-refractivity contribution in [2.45, 2.75) is 50.1 Å². The number of carbonyl (C=O) groups is 1. The second-order valence-corrected chi connectivity index (χ2v) is 5.96. The van der Waals surface area contributed by atoms with Crippen LogP contribution in [0.25, 0.3) is 0 Å². The maximum absolute atomic E-state index is 12.4. The molecule has 0 aromatic heterocycles. The number of hydrogen-bond donors (Lipinski definition) is 2. The summed E-state index contributed by atoms with van der Waals surface area (Å²) in [4.78, 5) is 12.4. The van der Waals surface area contributed by atoms with Gasteiger partial charge in [-0.05, 0) is 42.9 Å². The van der Waals surface area contributed by atoms with Crippen molar-refractivity contribution in [3.05, 3.63) is 29.3 Å². The van der Waals surface area contributed by atoms with E-state index in [9.17, 15) is 4.79 Å². The van der Waals surface area contributed by atoms with Gasteiger partial charge in [-0.3, -0.25) is 4.79 Å². The third-order valence-corrected chi connectivity index (χ3v) is 4.70. The number of benzene rings is 1. The Balaban J connectivity index is 0.00000161. The highest BCUT2D eigenvalue weighted by atomic mass is 35.5. The number of carbonyl (C=O) groups excluding carboxylic acids is 1. The molecule has 116 valence electrons. The Hall–Kier alpha value is -1.26. The lowest BCUT2D eigenvalue weighted by Crippen LogP contribution is -2.52. The van der Waals surface area contributed by atoms with Crippen molar-refractivity contribution in [1.29, 1.82) is 0 Å². The van der Waals surface area contributed by atoms with Gasteiger partial charge >= 0.3 is 0 Å². The fraction of sp³-hybridized carbons (Fsp3) is 0.562. The molecule has 3 rings (SSSR count). The average Bonchev–Trinajstić information content (AvgIpc) is 3.06. The molecule has 4 nitrogen and oxygen atoms in total. The summed E-state index contributed by atoms with van der Waals surface area (Å²) >= 11 is 0. The van der Waals surface area contributed by atoms with Gasteiger partial charge in [-0.2, -0.15) is 0 Å². The van der Waals surface area contributed by atoms with Crippen molar-refractivity contribution in [3.8, 4) is 5.75 Å². The van der Waals surface area contributed by atoms with Crippen LogP contribution < -0.4 is 15.8 Å². The van der Waals surface area contributed by atoms with E-state index in [1.54, 1.807) is 7.11 Å². The van der Waals surface area contributed by atoms with E-state index >= 15 is 0 Å². The zero-order valence-electron chi connectivity index (χ0n) is 12.4. The van der Waals surface area contributed by atoms with Crippen molar-refractivity contribution >= 4 is 18.3 Å². The minimum atomic E-state index is -0.651. The lowest BCUT2D eigenvalue weighted by atomic mass is 9.97. The molecule has 1 aromatic rings. The van der Waals surface area contributed by atoms with E-state index in [4.69, 9.17) is 10.5 Å². The molecular formula is C16H23ClN2O2. The molecule has 1 fully saturated rings. The molecule has 0 saturated heterocycles. The highest BCUT2D eigenvalue weighted by Gasteiger charge is 2.39. The number of nitrogens with two attached hydrogens (primary N) is 1. The molecule has 0 heterocycles. The zero-order valence-corrected chi connectivity index (χ0v) is 13.2. The smallest absolute Gasteiger partial charge is 0.240 e. The van der Waals surface area contributed by atoms with Crippen LogP contribution in [-0.4, -0.2) is 18.6 Å². The van der Waals surface area contributed by atoms with Gasteiger partial charge < -0.3 is 15.8 Å². The maximum Gasteiger partial charge on any atom is 0.240 e. The Morgan fingerprint density at radius 1 is 1.38 bits per heavy atom. The van der Waals surface area contributed by atoms with Gasteiger partial charge in [0, 0.05) is 0 Å². The molecular weight excluding hydrogens is 288 g/mol. The van der Waals surface area contributed by atoms with Crippen LogP contribution in [0.5, 0.6) is 5.75 Å². The molecule has 0 radical (unpaired) electrons. The second-order valence-electron chi connectivity index (χ2n) is 5.96. The zero-order chi connectivity index (χ0) is 14.2. The first-order chi connectivity index (χ1) is 9.64. The average molecular weight is 311 g/mol. The molecule has 2 aliphatic carbocycles. The molecule has 1 atom stereocenters. The lowest BCUT2D eigenvalue weighted by molar-refractivity contribution is -0.126. The predicted molar refractivity (Wildman–Crippen MR) is 84.8 cm³/mol. The summed E-state index contributed by atoms with van der Waals surface area (Å²) < 4.78 is 5.39. The number of hydrogen-bond acceptors (Lipinski definition) is 3. The number of rotatable bonds is 3. The van der Waals surface area contributed by atoms with Crippen molar-refractivity contribution < 1.29 is 9.53 Å². The molecule has 3 N–H and O–H groups in total. The molecule has 0 bridgehead atoms. The Morgan fingerprint density at radius 3 is 2.76 bits per heavy atom. The molecule has 0 spiro atoms. The summed E-state index contributed by atoms with van der Waals surface area (Å²) in [6.07, 6.45) is 5.59. The largest absolute Gasteiger partial charge is 0.496 e. The molecule has 5 heteroatoms. The Kier molecular flexibility index (Phi) is 4.79. The van der Waals surface area contributed by atoms with Gasteiger partial charge in [-0.25, -0.2) is 0 Å². The third-order valence-electron chi connectivity index (χ3n) is 4.70. The summed E-state index contributed by atoms with van der Waals surface area (Å²) in [6, 6.07) is 6.11. The third kappa shape index (κ3) is 2.87. The van der Waals surface area contributed by atoms with Crippen LogP contribution in [0.4, 0.5) is 0 Å². The summed E-state index contributed by atoms with van der Waals surface area (Å²) in [6.45, 7) is 0. The number of fused-ring (bicyclic) bond motifs is 1. The van der Waals surface area contributed by atoms with Crippen LogP contribution in [0.15, 0.2) is 18.2 Å². The summed E-state index contributed by atoms with van der Waals surface area (Å²) in [5.41, 5.74) is 7.97. The van der Waals surface area contributed by atoms with Gasteiger partial charge in [0.05, 0.1) is 18.7 Å². The number of ether oxygens (including phenoxy) is 1. The normalized spacial score (nSPS) is 22.3. The van der Waals surface area contributed by atoms with E-state index in [0.717, 1.165) is 44.3 Å². The number of nitrogens with one attached hydrogen (secondary N) is 1. The first kappa shape index (κ1) is 16.1. The van der Waals surface area contributed by atoms with Crippen LogP contribution in [0.3, 0.4) is 0 Å². The number of amides is 1. The van der Waals surface area contributed by atoms with E-state index in [1.165, 1.54) is 11.1 Å². The fourth-order valence-electron chi connectivity index (χ4n) is 3.50. The first-order valence-electron chi connectivity index (χ1n) is 7.40. The summed E-state index contributed by atoms with van der Waals surface area (Å²) in [7, 11) is 1.69. The van der Waals surface area contributed by atoms with Crippen LogP contribution in [-0.2, 0) is 11.2 Å². The number of halogens is 1. The van der Waals surface area contributed by atoms with Gasteiger partial charge in [-0.15, -0.1) is 12.4 Å². The minimum absolute atomic E-state index is 0. The van der Waals surface area contributed by atoms with E-state index < -0.39 is 5.54 Å². The quantitative estimate of drug-likeness (QED) is 0.901. The lowest BCUT2D eigenvalue weighted by Gasteiger charge is -2.25. The van der Waals surface area contributed by atoms with Crippen LogP contribution in [0.1, 0.15) is 49.3 Å². The van der Waals surface area contributed by atoms with E-state index in [1.807, 2.05) is 12.1 Å². The molecule has 1 saturated carbocycles. The summed E-state index contributed by atoms with van der Waals surface area (Å²) in [5, 5.41) is 3.15. The summed E-state index contributed by atoms with van der Waals surface area (Å²) in [5.74, 6) is 0.929. The standard InChI is InChI=1S/C16H22N2O2.ClH/c1-20-14-6-4-5-11-12(14)7-8-13(11)18-15(19)16(17)9-2-3-10-16;/h4-6,13H,2-3,7-10,17H2,1H3,(H,18,19);1H. The number of methoxy groups -OCH3 is 1.